The molecule has 0 saturated carbocycles. The molecule has 150 valence electrons. The lowest BCUT2D eigenvalue weighted by molar-refractivity contribution is 0.336. The molecule has 30 heavy (non-hydrogen) atoms. The maximum Gasteiger partial charge on any atom is 0.236 e. The quantitative estimate of drug-likeness (QED) is 0.386. The van der Waals surface area contributed by atoms with Crippen molar-refractivity contribution in [3.8, 4) is 17.6 Å². The zero-order valence-corrected chi connectivity index (χ0v) is 17.3. The van der Waals surface area contributed by atoms with Crippen molar-refractivity contribution in [2.45, 2.75) is 12.8 Å². The predicted molar refractivity (Wildman–Crippen MR) is 117 cm³/mol. The van der Waals surface area contributed by atoms with Gasteiger partial charge in [0.1, 0.15) is 23.1 Å². The number of rotatable bonds is 5. The first kappa shape index (κ1) is 19.8. The number of nitriles is 1. The Morgan fingerprint density at radius 3 is 2.57 bits per heavy atom. The second kappa shape index (κ2) is 8.48. The highest BCUT2D eigenvalue weighted by Crippen LogP contribution is 2.49. The fraction of sp³-hybridized carbons (Fsp3) is 0.167. The summed E-state index contributed by atoms with van der Waals surface area (Å²) in [7, 11) is 1.63. The molecule has 0 amide bonds. The highest BCUT2D eigenvalue weighted by Gasteiger charge is 2.33. The molecule has 0 fully saturated rings. The molecule has 0 bridgehead atoms. The summed E-state index contributed by atoms with van der Waals surface area (Å²) in [4.78, 5) is 4.30. The van der Waals surface area contributed by atoms with Gasteiger partial charge in [-0.15, -0.1) is 0 Å². The Morgan fingerprint density at radius 1 is 1.17 bits per heavy atom. The van der Waals surface area contributed by atoms with E-state index in [0.29, 0.717) is 28.7 Å². The van der Waals surface area contributed by atoms with Gasteiger partial charge in [-0.3, -0.25) is 0 Å². The van der Waals surface area contributed by atoms with Gasteiger partial charge in [0.15, 0.2) is 6.40 Å². The molecule has 1 aliphatic rings. The van der Waals surface area contributed by atoms with Gasteiger partial charge in [-0.05, 0) is 30.7 Å². The van der Waals surface area contributed by atoms with Gasteiger partial charge in [0.05, 0.1) is 19.6 Å². The topological polar surface area (TPSA) is 63.8 Å². The maximum absolute atomic E-state index is 10.0. The van der Waals surface area contributed by atoms with Gasteiger partial charge in [-0.2, -0.15) is 10.3 Å². The number of hydrogen-bond acceptors (Lipinski definition) is 5. The molecule has 0 radical (unpaired) electrons. The van der Waals surface area contributed by atoms with Crippen LogP contribution < -0.4 is 9.47 Å². The zero-order chi connectivity index (χ0) is 21.1. The van der Waals surface area contributed by atoms with E-state index in [-0.39, 0.29) is 11.8 Å². The Kier molecular flexibility index (Phi) is 5.60. The van der Waals surface area contributed by atoms with Gasteiger partial charge in [0, 0.05) is 21.4 Å². The molecule has 0 aromatic heterocycles. The normalized spacial score (nSPS) is 15.6. The summed E-state index contributed by atoms with van der Waals surface area (Å²) in [5.41, 5.74) is 2.12. The van der Waals surface area contributed by atoms with Crippen LogP contribution >= 0.6 is 11.6 Å². The largest absolute Gasteiger partial charge is 0.496 e. The van der Waals surface area contributed by atoms with Crippen LogP contribution in [0.4, 0.5) is 0 Å². The Bertz CT molecular complexity index is 1190. The number of hydrogen-bond donors (Lipinski definition) is 0. The second-order valence-electron chi connectivity index (χ2n) is 6.65. The zero-order valence-electron chi connectivity index (χ0n) is 16.6. The minimum atomic E-state index is -0.386. The standard InChI is InChI=1S/C24H19ClN2O3/c1-3-29-14-27-24-20(13-26)22(15-8-10-16(25)11-9-15)19-12-21(28-2)17-6-4-5-7-18(17)23(19)30-24/h4-12,14,22H,3H2,1-2H3. The average molecular weight is 419 g/mol. The van der Waals surface area contributed by atoms with Crippen molar-refractivity contribution in [2.75, 3.05) is 13.7 Å². The van der Waals surface area contributed by atoms with Crippen molar-refractivity contribution in [1.29, 1.82) is 5.26 Å². The van der Waals surface area contributed by atoms with Crippen molar-refractivity contribution >= 4 is 28.8 Å². The summed E-state index contributed by atoms with van der Waals surface area (Å²) >= 11 is 6.10. The maximum atomic E-state index is 10.0. The number of benzene rings is 3. The highest BCUT2D eigenvalue weighted by atomic mass is 35.5. The Labute approximate surface area is 179 Å². The number of methoxy groups -OCH3 is 1. The first-order valence-electron chi connectivity index (χ1n) is 9.49. The Hall–Kier alpha value is -3.49. The van der Waals surface area contributed by atoms with Crippen LogP contribution in [0.5, 0.6) is 11.5 Å². The number of nitrogens with zero attached hydrogens (tertiary/aromatic N) is 2. The fourth-order valence-electron chi connectivity index (χ4n) is 3.63. The minimum absolute atomic E-state index is 0.216. The summed E-state index contributed by atoms with van der Waals surface area (Å²) in [5.74, 6) is 1.19. The molecule has 0 aliphatic carbocycles. The van der Waals surface area contributed by atoms with E-state index in [9.17, 15) is 5.26 Å². The van der Waals surface area contributed by atoms with Gasteiger partial charge in [0.2, 0.25) is 5.88 Å². The summed E-state index contributed by atoms with van der Waals surface area (Å²) in [5, 5.41) is 12.4. The van der Waals surface area contributed by atoms with Crippen LogP contribution in [-0.2, 0) is 4.74 Å². The molecule has 1 unspecified atom stereocenters. The lowest BCUT2D eigenvalue weighted by atomic mass is 9.82. The van der Waals surface area contributed by atoms with Crippen molar-refractivity contribution in [3.63, 3.8) is 0 Å². The van der Waals surface area contributed by atoms with E-state index < -0.39 is 0 Å². The van der Waals surface area contributed by atoms with E-state index in [1.807, 2.05) is 61.5 Å². The first-order chi connectivity index (χ1) is 14.7. The Balaban J connectivity index is 2.01. The summed E-state index contributed by atoms with van der Waals surface area (Å²) < 4.78 is 17.1. The molecule has 0 saturated heterocycles. The van der Waals surface area contributed by atoms with Crippen molar-refractivity contribution in [2.24, 2.45) is 4.99 Å². The number of allylic oxidation sites excluding steroid dienone is 1. The lowest BCUT2D eigenvalue weighted by Gasteiger charge is -2.28. The van der Waals surface area contributed by atoms with E-state index in [2.05, 4.69) is 11.1 Å². The number of aliphatic imine (C=N–C) groups is 1. The molecule has 6 heteroatoms. The summed E-state index contributed by atoms with van der Waals surface area (Å²) in [6.07, 6.45) is 1.31. The summed E-state index contributed by atoms with van der Waals surface area (Å²) in [6, 6.07) is 19.5. The van der Waals surface area contributed by atoms with Gasteiger partial charge >= 0.3 is 0 Å². The molecule has 1 heterocycles. The van der Waals surface area contributed by atoms with Crippen molar-refractivity contribution in [1.82, 2.24) is 0 Å². The van der Waals surface area contributed by atoms with Crippen LogP contribution in [0.15, 0.2) is 71.0 Å². The molecule has 0 spiro atoms. The SMILES string of the molecule is CCOC=NC1=C(C#N)C(c2ccc(Cl)cc2)c2cc(OC)c3ccccc3c2O1. The lowest BCUT2D eigenvalue weighted by Crippen LogP contribution is -2.16. The smallest absolute Gasteiger partial charge is 0.236 e. The third-order valence-electron chi connectivity index (χ3n) is 4.97. The van der Waals surface area contributed by atoms with E-state index in [0.717, 1.165) is 21.9 Å². The molecular weight excluding hydrogens is 400 g/mol. The minimum Gasteiger partial charge on any atom is -0.496 e. The monoisotopic (exact) mass is 418 g/mol. The number of halogens is 1. The predicted octanol–water partition coefficient (Wildman–Crippen LogP) is 5.83. The Morgan fingerprint density at radius 2 is 1.90 bits per heavy atom. The van der Waals surface area contributed by atoms with E-state index in [4.69, 9.17) is 25.8 Å². The van der Waals surface area contributed by atoms with Gasteiger partial charge < -0.3 is 14.2 Å². The van der Waals surface area contributed by atoms with Crippen LogP contribution in [0.2, 0.25) is 5.02 Å². The molecule has 1 aliphatic heterocycles. The second-order valence-corrected chi connectivity index (χ2v) is 7.09. The van der Waals surface area contributed by atoms with Crippen LogP contribution in [0.3, 0.4) is 0 Å². The molecule has 3 aromatic carbocycles. The third kappa shape index (κ3) is 3.47. The van der Waals surface area contributed by atoms with Crippen LogP contribution in [0.1, 0.15) is 24.0 Å². The molecule has 4 rings (SSSR count). The molecule has 1 atom stereocenters. The molecule has 5 nitrogen and oxygen atoms in total. The van der Waals surface area contributed by atoms with E-state index in [1.54, 1.807) is 7.11 Å². The van der Waals surface area contributed by atoms with Crippen LogP contribution in [0, 0.1) is 11.3 Å². The van der Waals surface area contributed by atoms with Gasteiger partial charge in [-0.1, -0.05) is 48.0 Å². The van der Waals surface area contributed by atoms with Crippen molar-refractivity contribution < 1.29 is 14.2 Å². The van der Waals surface area contributed by atoms with Crippen LogP contribution in [-0.4, -0.2) is 20.1 Å². The fourth-order valence-corrected chi connectivity index (χ4v) is 3.76. The molecule has 3 aromatic rings. The third-order valence-corrected chi connectivity index (χ3v) is 5.22. The van der Waals surface area contributed by atoms with Crippen molar-refractivity contribution in [3.05, 3.63) is 82.2 Å². The molecular formula is C24H19ClN2O3. The van der Waals surface area contributed by atoms with E-state index >= 15 is 0 Å². The van der Waals surface area contributed by atoms with Gasteiger partial charge in [0.25, 0.3) is 0 Å². The van der Waals surface area contributed by atoms with Gasteiger partial charge in [-0.25, -0.2) is 0 Å². The number of ether oxygens (including phenoxy) is 3. The van der Waals surface area contributed by atoms with E-state index in [1.165, 1.54) is 6.40 Å². The number of fused-ring (bicyclic) bond motifs is 3. The summed E-state index contributed by atoms with van der Waals surface area (Å²) in [6.45, 7) is 2.33. The van der Waals surface area contributed by atoms with Crippen LogP contribution in [0.25, 0.3) is 10.8 Å². The first-order valence-corrected chi connectivity index (χ1v) is 9.87. The average Bonchev–Trinajstić information content (AvgIpc) is 2.78. The molecule has 0 N–H and O–H groups in total. The highest BCUT2D eigenvalue weighted by molar-refractivity contribution is 6.30.